The highest BCUT2D eigenvalue weighted by Crippen LogP contribution is 2.21. The van der Waals surface area contributed by atoms with Gasteiger partial charge in [0.05, 0.1) is 11.9 Å². The lowest BCUT2D eigenvalue weighted by molar-refractivity contribution is 0.384. The normalized spacial score (nSPS) is 11.2. The lowest BCUT2D eigenvalue weighted by Gasteiger charge is -1.99. The van der Waals surface area contributed by atoms with Gasteiger partial charge in [-0.1, -0.05) is 35.5 Å². The van der Waals surface area contributed by atoms with Crippen LogP contribution in [0.25, 0.3) is 22.5 Å². The number of benzene rings is 2. The summed E-state index contributed by atoms with van der Waals surface area (Å²) in [7, 11) is 0. The van der Waals surface area contributed by atoms with Crippen LogP contribution in [-0.2, 0) is 6.42 Å². The highest BCUT2D eigenvalue weighted by atomic mass is 19.1. The third-order valence-corrected chi connectivity index (χ3v) is 3.43. The number of H-pyrrole nitrogens is 1. The van der Waals surface area contributed by atoms with Crippen molar-refractivity contribution >= 4 is 11.1 Å². The molecule has 6 nitrogen and oxygen atoms in total. The van der Waals surface area contributed by atoms with Gasteiger partial charge in [0, 0.05) is 11.6 Å². The first-order valence-electron chi connectivity index (χ1n) is 6.88. The first-order chi connectivity index (χ1) is 11.2. The van der Waals surface area contributed by atoms with Gasteiger partial charge in [0.25, 0.3) is 0 Å². The maximum Gasteiger partial charge on any atom is 0.417 e. The Hall–Kier alpha value is -3.22. The van der Waals surface area contributed by atoms with E-state index in [1.54, 1.807) is 0 Å². The van der Waals surface area contributed by atoms with E-state index in [9.17, 15) is 9.18 Å². The zero-order valence-electron chi connectivity index (χ0n) is 11.7. The molecule has 7 heteroatoms. The van der Waals surface area contributed by atoms with Gasteiger partial charge in [-0.2, -0.15) is 4.98 Å². The molecule has 114 valence electrons. The predicted octanol–water partition coefficient (Wildman–Crippen LogP) is 2.90. The Balaban J connectivity index is 1.67. The molecule has 4 aromatic rings. The molecule has 0 fully saturated rings. The third-order valence-electron chi connectivity index (χ3n) is 3.43. The Kier molecular flexibility index (Phi) is 3.04. The molecular formula is C16H10FN3O3. The van der Waals surface area contributed by atoms with Crippen molar-refractivity contribution in [2.75, 3.05) is 0 Å². The molecule has 2 heterocycles. The summed E-state index contributed by atoms with van der Waals surface area (Å²) in [4.78, 5) is 17.9. The molecule has 0 bridgehead atoms. The van der Waals surface area contributed by atoms with E-state index in [0.29, 0.717) is 16.9 Å². The Morgan fingerprint density at radius 1 is 1.17 bits per heavy atom. The van der Waals surface area contributed by atoms with Crippen LogP contribution >= 0.6 is 0 Å². The van der Waals surface area contributed by atoms with E-state index in [2.05, 4.69) is 15.1 Å². The maximum atomic E-state index is 14.1. The molecule has 0 aliphatic rings. The topological polar surface area (TPSA) is 84.9 Å². The Morgan fingerprint density at radius 3 is 2.83 bits per heavy atom. The average molecular weight is 311 g/mol. The van der Waals surface area contributed by atoms with Crippen LogP contribution in [0.15, 0.2) is 56.2 Å². The number of aromatic amines is 1. The quantitative estimate of drug-likeness (QED) is 0.629. The van der Waals surface area contributed by atoms with E-state index in [-0.39, 0.29) is 17.9 Å². The lowest BCUT2D eigenvalue weighted by Crippen LogP contribution is -1.94. The summed E-state index contributed by atoms with van der Waals surface area (Å²) in [5.41, 5.74) is 1.75. The van der Waals surface area contributed by atoms with E-state index >= 15 is 0 Å². The number of oxazole rings is 1. The van der Waals surface area contributed by atoms with Gasteiger partial charge in [-0.25, -0.2) is 9.18 Å². The van der Waals surface area contributed by atoms with Crippen molar-refractivity contribution < 1.29 is 13.3 Å². The molecule has 23 heavy (non-hydrogen) atoms. The zero-order chi connectivity index (χ0) is 15.8. The van der Waals surface area contributed by atoms with Crippen molar-refractivity contribution in [3.63, 3.8) is 0 Å². The molecule has 2 aromatic carbocycles. The summed E-state index contributed by atoms with van der Waals surface area (Å²) >= 11 is 0. The standard InChI is InChI=1S/C16H10FN3O3/c17-11-8-13-12(18-16(21)22-13)6-10(11)7-14-19-15(20-23-14)9-4-2-1-3-5-9/h1-6,8H,7H2,(H,18,21). The lowest BCUT2D eigenvalue weighted by atomic mass is 10.1. The molecule has 0 saturated carbocycles. The maximum absolute atomic E-state index is 14.1. The smallest absolute Gasteiger partial charge is 0.408 e. The highest BCUT2D eigenvalue weighted by molar-refractivity contribution is 5.73. The molecule has 4 rings (SSSR count). The minimum Gasteiger partial charge on any atom is -0.408 e. The van der Waals surface area contributed by atoms with Crippen molar-refractivity contribution in [2.45, 2.75) is 6.42 Å². The number of hydrogen-bond donors (Lipinski definition) is 1. The first-order valence-corrected chi connectivity index (χ1v) is 6.88. The number of aromatic nitrogens is 3. The molecule has 0 radical (unpaired) electrons. The van der Waals surface area contributed by atoms with E-state index in [0.717, 1.165) is 11.6 Å². The van der Waals surface area contributed by atoms with Gasteiger partial charge < -0.3 is 8.94 Å². The van der Waals surface area contributed by atoms with Gasteiger partial charge in [0.15, 0.2) is 5.58 Å². The van der Waals surface area contributed by atoms with Crippen LogP contribution < -0.4 is 5.76 Å². The Bertz CT molecular complexity index is 1030. The molecule has 1 N–H and O–H groups in total. The number of fused-ring (bicyclic) bond motifs is 1. The van der Waals surface area contributed by atoms with Crippen molar-refractivity contribution in [2.24, 2.45) is 0 Å². The minimum absolute atomic E-state index is 0.120. The second kappa shape index (κ2) is 5.20. The fourth-order valence-corrected chi connectivity index (χ4v) is 2.35. The fraction of sp³-hybridized carbons (Fsp3) is 0.0625. The second-order valence-corrected chi connectivity index (χ2v) is 5.01. The van der Waals surface area contributed by atoms with E-state index in [4.69, 9.17) is 8.94 Å². The van der Waals surface area contributed by atoms with Crippen molar-refractivity contribution in [3.05, 3.63) is 70.3 Å². The van der Waals surface area contributed by atoms with Crippen LogP contribution in [0.2, 0.25) is 0 Å². The van der Waals surface area contributed by atoms with Crippen molar-refractivity contribution in [3.8, 4) is 11.4 Å². The predicted molar refractivity (Wildman–Crippen MR) is 79.3 cm³/mol. The molecule has 0 unspecified atom stereocenters. The van der Waals surface area contributed by atoms with Crippen LogP contribution in [0.3, 0.4) is 0 Å². The fourth-order valence-electron chi connectivity index (χ4n) is 2.35. The van der Waals surface area contributed by atoms with Crippen LogP contribution in [0.5, 0.6) is 0 Å². The number of nitrogens with zero attached hydrogens (tertiary/aromatic N) is 2. The van der Waals surface area contributed by atoms with E-state index in [1.165, 1.54) is 6.07 Å². The molecule has 0 saturated heterocycles. The van der Waals surface area contributed by atoms with Gasteiger partial charge in [-0.3, -0.25) is 4.98 Å². The zero-order valence-corrected chi connectivity index (χ0v) is 11.7. The summed E-state index contributed by atoms with van der Waals surface area (Å²) in [6.45, 7) is 0. The summed E-state index contributed by atoms with van der Waals surface area (Å²) in [5, 5.41) is 3.89. The van der Waals surface area contributed by atoms with E-state index in [1.807, 2.05) is 30.3 Å². The van der Waals surface area contributed by atoms with Gasteiger partial charge >= 0.3 is 5.76 Å². The monoisotopic (exact) mass is 311 g/mol. The Morgan fingerprint density at radius 2 is 2.00 bits per heavy atom. The average Bonchev–Trinajstić information content (AvgIpc) is 3.14. The van der Waals surface area contributed by atoms with Crippen LogP contribution in [-0.4, -0.2) is 15.1 Å². The molecular weight excluding hydrogens is 301 g/mol. The van der Waals surface area contributed by atoms with Gasteiger partial charge in [0.2, 0.25) is 11.7 Å². The summed E-state index contributed by atoms with van der Waals surface area (Å²) in [6, 6.07) is 12.0. The Labute approximate surface area is 128 Å². The van der Waals surface area contributed by atoms with Crippen LogP contribution in [0.1, 0.15) is 11.5 Å². The summed E-state index contributed by atoms with van der Waals surface area (Å²) in [5.74, 6) is -0.396. The SMILES string of the molecule is O=c1[nH]c2cc(Cc3nc(-c4ccccc4)no3)c(F)cc2o1. The van der Waals surface area contributed by atoms with Gasteiger partial charge in [-0.15, -0.1) is 0 Å². The minimum atomic E-state index is -0.624. The largest absolute Gasteiger partial charge is 0.417 e. The molecule has 0 amide bonds. The van der Waals surface area contributed by atoms with Gasteiger partial charge in [-0.05, 0) is 11.6 Å². The van der Waals surface area contributed by atoms with Crippen molar-refractivity contribution in [1.29, 1.82) is 0 Å². The van der Waals surface area contributed by atoms with Gasteiger partial charge in [0.1, 0.15) is 5.82 Å². The molecule has 0 spiro atoms. The highest BCUT2D eigenvalue weighted by Gasteiger charge is 2.14. The van der Waals surface area contributed by atoms with Crippen LogP contribution in [0.4, 0.5) is 4.39 Å². The summed E-state index contributed by atoms with van der Waals surface area (Å²) < 4.78 is 24.1. The third kappa shape index (κ3) is 2.52. The van der Waals surface area contributed by atoms with Crippen molar-refractivity contribution in [1.82, 2.24) is 15.1 Å². The molecule has 0 atom stereocenters. The summed E-state index contributed by atoms with van der Waals surface area (Å²) in [6.07, 6.45) is 0.120. The number of rotatable bonds is 3. The number of halogens is 1. The molecule has 2 aromatic heterocycles. The van der Waals surface area contributed by atoms with Crippen LogP contribution in [0, 0.1) is 5.82 Å². The molecule has 0 aliphatic heterocycles. The van der Waals surface area contributed by atoms with E-state index < -0.39 is 11.6 Å². The number of nitrogens with one attached hydrogen (secondary N) is 1. The number of hydrogen-bond acceptors (Lipinski definition) is 5. The second-order valence-electron chi connectivity index (χ2n) is 5.01. The first kappa shape index (κ1) is 13.4. The molecule has 0 aliphatic carbocycles.